The predicted molar refractivity (Wildman–Crippen MR) is 83.4 cm³/mol. The van der Waals surface area contributed by atoms with Crippen LogP contribution in [0.25, 0.3) is 0 Å². The first-order valence-electron chi connectivity index (χ1n) is 7.85. The molecule has 0 unspecified atom stereocenters. The number of piperidine rings is 1. The standard InChI is InChI=1S/C16H22N4O2/c1-12(21)19-8-5-13(6-9-19)16(22)18-14-10-20(11-14)15-4-2-3-7-17-15/h2-4,7,13-14H,5-6,8-11H2,1H3,(H,18,22). The van der Waals surface area contributed by atoms with Gasteiger partial charge in [-0.2, -0.15) is 0 Å². The molecule has 2 aliphatic heterocycles. The highest BCUT2D eigenvalue weighted by molar-refractivity contribution is 5.80. The summed E-state index contributed by atoms with van der Waals surface area (Å²) in [6, 6.07) is 6.06. The third-order valence-electron chi connectivity index (χ3n) is 4.51. The van der Waals surface area contributed by atoms with Gasteiger partial charge in [0.15, 0.2) is 0 Å². The van der Waals surface area contributed by atoms with Gasteiger partial charge in [-0.05, 0) is 25.0 Å². The van der Waals surface area contributed by atoms with E-state index in [0.29, 0.717) is 13.1 Å². The number of pyridine rings is 1. The van der Waals surface area contributed by atoms with Crippen LogP contribution in [0, 0.1) is 5.92 Å². The normalized spacial score (nSPS) is 19.7. The topological polar surface area (TPSA) is 65.5 Å². The summed E-state index contributed by atoms with van der Waals surface area (Å²) in [5, 5.41) is 3.12. The molecule has 22 heavy (non-hydrogen) atoms. The van der Waals surface area contributed by atoms with E-state index in [1.54, 1.807) is 13.1 Å². The molecule has 0 aromatic carbocycles. The Balaban J connectivity index is 1.42. The molecule has 2 aliphatic rings. The number of carbonyl (C=O) groups is 2. The highest BCUT2D eigenvalue weighted by Gasteiger charge is 2.32. The van der Waals surface area contributed by atoms with Crippen LogP contribution in [0.15, 0.2) is 24.4 Å². The van der Waals surface area contributed by atoms with Gasteiger partial charge in [-0.25, -0.2) is 4.98 Å². The smallest absolute Gasteiger partial charge is 0.223 e. The van der Waals surface area contributed by atoms with Gasteiger partial charge in [0.05, 0.1) is 6.04 Å². The molecule has 2 fully saturated rings. The lowest BCUT2D eigenvalue weighted by Gasteiger charge is -2.41. The van der Waals surface area contributed by atoms with Crippen LogP contribution in [0.2, 0.25) is 0 Å². The minimum Gasteiger partial charge on any atom is -0.352 e. The molecule has 0 atom stereocenters. The number of hydrogen-bond acceptors (Lipinski definition) is 4. The molecule has 0 aliphatic carbocycles. The number of carbonyl (C=O) groups excluding carboxylic acids is 2. The van der Waals surface area contributed by atoms with Gasteiger partial charge in [0.1, 0.15) is 5.82 Å². The fraction of sp³-hybridized carbons (Fsp3) is 0.562. The maximum atomic E-state index is 12.3. The van der Waals surface area contributed by atoms with E-state index in [2.05, 4.69) is 15.2 Å². The number of anilines is 1. The van der Waals surface area contributed by atoms with E-state index in [1.807, 2.05) is 23.1 Å². The molecule has 2 amide bonds. The lowest BCUT2D eigenvalue weighted by atomic mass is 9.95. The van der Waals surface area contributed by atoms with Crippen molar-refractivity contribution in [2.24, 2.45) is 5.92 Å². The molecule has 6 heteroatoms. The van der Waals surface area contributed by atoms with E-state index < -0.39 is 0 Å². The van der Waals surface area contributed by atoms with E-state index in [-0.39, 0.29) is 23.8 Å². The number of nitrogens with one attached hydrogen (secondary N) is 1. The van der Waals surface area contributed by atoms with Crippen LogP contribution in [0.5, 0.6) is 0 Å². The highest BCUT2D eigenvalue weighted by Crippen LogP contribution is 2.20. The number of likely N-dealkylation sites (tertiary alicyclic amines) is 1. The Bertz CT molecular complexity index is 534. The van der Waals surface area contributed by atoms with Crippen LogP contribution in [0.3, 0.4) is 0 Å². The van der Waals surface area contributed by atoms with Crippen molar-refractivity contribution in [1.82, 2.24) is 15.2 Å². The van der Waals surface area contributed by atoms with Crippen LogP contribution in [-0.4, -0.2) is 53.9 Å². The summed E-state index contributed by atoms with van der Waals surface area (Å²) < 4.78 is 0. The van der Waals surface area contributed by atoms with Gasteiger partial charge in [0.2, 0.25) is 11.8 Å². The second kappa shape index (κ2) is 6.34. The molecular weight excluding hydrogens is 280 g/mol. The summed E-state index contributed by atoms with van der Waals surface area (Å²) in [4.78, 5) is 31.8. The number of rotatable bonds is 3. The van der Waals surface area contributed by atoms with Crippen molar-refractivity contribution >= 4 is 17.6 Å². The summed E-state index contributed by atoms with van der Waals surface area (Å²) in [6.45, 7) is 4.60. The summed E-state index contributed by atoms with van der Waals surface area (Å²) in [7, 11) is 0. The van der Waals surface area contributed by atoms with Crippen molar-refractivity contribution in [3.8, 4) is 0 Å². The Morgan fingerprint density at radius 1 is 1.23 bits per heavy atom. The minimum atomic E-state index is 0.0412. The number of aromatic nitrogens is 1. The summed E-state index contributed by atoms with van der Waals surface area (Å²) in [6.07, 6.45) is 3.31. The Labute approximate surface area is 130 Å². The molecule has 0 bridgehead atoms. The third kappa shape index (κ3) is 3.21. The Hall–Kier alpha value is -2.11. The summed E-state index contributed by atoms with van der Waals surface area (Å²) >= 11 is 0. The van der Waals surface area contributed by atoms with Gasteiger partial charge >= 0.3 is 0 Å². The van der Waals surface area contributed by atoms with Gasteiger partial charge in [0.25, 0.3) is 0 Å². The first-order valence-corrected chi connectivity index (χ1v) is 7.85. The number of hydrogen-bond donors (Lipinski definition) is 1. The van der Waals surface area contributed by atoms with Crippen LogP contribution in [0.1, 0.15) is 19.8 Å². The molecule has 1 aromatic heterocycles. The Kier molecular flexibility index (Phi) is 4.27. The molecule has 118 valence electrons. The SMILES string of the molecule is CC(=O)N1CCC(C(=O)NC2CN(c3ccccn3)C2)CC1. The maximum Gasteiger partial charge on any atom is 0.223 e. The van der Waals surface area contributed by atoms with Crippen molar-refractivity contribution in [2.45, 2.75) is 25.8 Å². The molecule has 3 heterocycles. The van der Waals surface area contributed by atoms with Crippen LogP contribution >= 0.6 is 0 Å². The van der Waals surface area contributed by atoms with E-state index in [4.69, 9.17) is 0 Å². The lowest BCUT2D eigenvalue weighted by molar-refractivity contribution is -0.134. The van der Waals surface area contributed by atoms with Crippen molar-refractivity contribution in [3.63, 3.8) is 0 Å². The van der Waals surface area contributed by atoms with E-state index in [1.165, 1.54) is 0 Å². The monoisotopic (exact) mass is 302 g/mol. The van der Waals surface area contributed by atoms with Crippen molar-refractivity contribution in [1.29, 1.82) is 0 Å². The average molecular weight is 302 g/mol. The Morgan fingerprint density at radius 3 is 2.55 bits per heavy atom. The van der Waals surface area contributed by atoms with Crippen LogP contribution in [0.4, 0.5) is 5.82 Å². The molecule has 3 rings (SSSR count). The lowest BCUT2D eigenvalue weighted by Crippen LogP contribution is -2.60. The molecule has 0 radical (unpaired) electrons. The summed E-state index contributed by atoms with van der Waals surface area (Å²) in [5.41, 5.74) is 0. The summed E-state index contributed by atoms with van der Waals surface area (Å²) in [5.74, 6) is 1.24. The van der Waals surface area contributed by atoms with Gasteiger partial charge in [-0.15, -0.1) is 0 Å². The quantitative estimate of drug-likeness (QED) is 0.890. The molecule has 1 aromatic rings. The number of amides is 2. The van der Waals surface area contributed by atoms with E-state index in [0.717, 1.165) is 31.7 Å². The first-order chi connectivity index (χ1) is 10.6. The maximum absolute atomic E-state index is 12.3. The molecular formula is C16H22N4O2. The van der Waals surface area contributed by atoms with E-state index >= 15 is 0 Å². The second-order valence-corrected chi connectivity index (χ2v) is 6.08. The fourth-order valence-electron chi connectivity index (χ4n) is 3.07. The zero-order chi connectivity index (χ0) is 15.5. The minimum absolute atomic E-state index is 0.0412. The Morgan fingerprint density at radius 2 is 1.95 bits per heavy atom. The van der Waals surface area contributed by atoms with Gasteiger partial charge in [-0.3, -0.25) is 9.59 Å². The number of nitrogens with zero attached hydrogens (tertiary/aromatic N) is 3. The zero-order valence-electron chi connectivity index (χ0n) is 12.9. The highest BCUT2D eigenvalue weighted by atomic mass is 16.2. The average Bonchev–Trinajstić information content (AvgIpc) is 2.51. The van der Waals surface area contributed by atoms with Crippen molar-refractivity contribution < 1.29 is 9.59 Å². The van der Waals surface area contributed by atoms with Gasteiger partial charge in [-0.1, -0.05) is 6.07 Å². The largest absolute Gasteiger partial charge is 0.352 e. The molecule has 6 nitrogen and oxygen atoms in total. The van der Waals surface area contributed by atoms with Gasteiger partial charge < -0.3 is 15.1 Å². The van der Waals surface area contributed by atoms with Crippen molar-refractivity contribution in [3.05, 3.63) is 24.4 Å². The van der Waals surface area contributed by atoms with Crippen LogP contribution in [-0.2, 0) is 9.59 Å². The molecule has 2 saturated heterocycles. The van der Waals surface area contributed by atoms with Crippen molar-refractivity contribution in [2.75, 3.05) is 31.1 Å². The predicted octanol–water partition coefficient (Wildman–Crippen LogP) is 0.645. The fourth-order valence-corrected chi connectivity index (χ4v) is 3.07. The van der Waals surface area contributed by atoms with Crippen LogP contribution < -0.4 is 10.2 Å². The first kappa shape index (κ1) is 14.8. The second-order valence-electron chi connectivity index (χ2n) is 6.08. The third-order valence-corrected chi connectivity index (χ3v) is 4.51. The molecule has 0 saturated carbocycles. The molecule has 1 N–H and O–H groups in total. The van der Waals surface area contributed by atoms with Gasteiger partial charge in [0, 0.05) is 45.2 Å². The molecule has 0 spiro atoms. The zero-order valence-corrected chi connectivity index (χ0v) is 12.9. The van der Waals surface area contributed by atoms with E-state index in [9.17, 15) is 9.59 Å².